The van der Waals surface area contributed by atoms with Gasteiger partial charge in [0.15, 0.2) is 28.1 Å². The Bertz CT molecular complexity index is 1640. The number of ketones is 1. The Kier molecular flexibility index (Phi) is 9.62. The highest BCUT2D eigenvalue weighted by Crippen LogP contribution is 2.46. The molecule has 0 saturated carbocycles. The summed E-state index contributed by atoms with van der Waals surface area (Å²) >= 11 is 0.939. The minimum atomic E-state index is -1.11. The number of hydrogen-bond donors (Lipinski definition) is 1. The first kappa shape index (κ1) is 31.8. The van der Waals surface area contributed by atoms with Gasteiger partial charge in [0.2, 0.25) is 0 Å². The van der Waals surface area contributed by atoms with Crippen LogP contribution in [0.2, 0.25) is 0 Å². The van der Waals surface area contributed by atoms with Gasteiger partial charge in [-0.25, -0.2) is 9.78 Å². The Morgan fingerprint density at radius 1 is 1.04 bits per heavy atom. The Balaban J connectivity index is 1.66. The fraction of sp³-hybridized carbons (Fsp3) is 0.394. The number of esters is 1. The van der Waals surface area contributed by atoms with Crippen molar-refractivity contribution in [2.45, 2.75) is 47.1 Å². The van der Waals surface area contributed by atoms with Gasteiger partial charge >= 0.3 is 11.9 Å². The van der Waals surface area contributed by atoms with Crippen LogP contribution in [0.1, 0.15) is 66.7 Å². The highest BCUT2D eigenvalue weighted by Gasteiger charge is 2.49. The highest BCUT2D eigenvalue weighted by atomic mass is 32.1. The van der Waals surface area contributed by atoms with Crippen LogP contribution >= 0.6 is 11.3 Å². The number of carbonyl (C=O) groups excluding carboxylic acids is 3. The molecule has 1 N–H and O–H groups in total. The molecule has 12 heteroatoms. The third kappa shape index (κ3) is 6.46. The molecule has 2 aromatic carbocycles. The molecule has 0 radical (unpaired) electrons. The van der Waals surface area contributed by atoms with Crippen LogP contribution in [0.4, 0.5) is 5.13 Å². The fourth-order valence-electron chi connectivity index (χ4n) is 5.05. The molecule has 3 aromatic rings. The number of Topliss-reactive ketones (excluding diaryl/α,β-unsaturated/α-hetero) is 1. The van der Waals surface area contributed by atoms with Crippen LogP contribution in [0.25, 0.3) is 5.76 Å². The summed E-state index contributed by atoms with van der Waals surface area (Å²) < 4.78 is 28.4. The Morgan fingerprint density at radius 3 is 2.51 bits per heavy atom. The van der Waals surface area contributed by atoms with Crippen molar-refractivity contribution in [3.8, 4) is 23.0 Å². The SMILES string of the molecule is CCOC(=O)c1sc(N2C(=O)C(=O)C(=C(O)c3ccc4c(c3)OCCO4)[C@H]2c2ccc(OCCC(C)C)c(OCC)c2)nc1C. The lowest BCUT2D eigenvalue weighted by Crippen LogP contribution is -2.29. The van der Waals surface area contributed by atoms with Crippen molar-refractivity contribution in [3.63, 3.8) is 0 Å². The van der Waals surface area contributed by atoms with Gasteiger partial charge in [0.25, 0.3) is 5.78 Å². The van der Waals surface area contributed by atoms with Gasteiger partial charge in [-0.2, -0.15) is 0 Å². The van der Waals surface area contributed by atoms with Gasteiger partial charge in [-0.3, -0.25) is 14.5 Å². The standard InChI is InChI=1S/C33H36N2O9S/c1-6-40-24-16-20(8-10-22(24)42-13-12-18(3)4)27-26(28(36)21-9-11-23-25(17-21)44-15-14-43-23)29(37)31(38)35(27)33-34-19(5)30(45-33)32(39)41-7-2/h8-11,16-18,27,36H,6-7,12-15H2,1-5H3/t27-/m1/s1. The van der Waals surface area contributed by atoms with E-state index in [0.717, 1.165) is 17.8 Å². The van der Waals surface area contributed by atoms with Crippen molar-refractivity contribution in [2.75, 3.05) is 37.9 Å². The summed E-state index contributed by atoms with van der Waals surface area (Å²) in [5.41, 5.74) is 0.935. The van der Waals surface area contributed by atoms with E-state index < -0.39 is 29.5 Å². The number of carbonyl (C=O) groups is 3. The van der Waals surface area contributed by atoms with Crippen molar-refractivity contribution in [2.24, 2.45) is 5.92 Å². The second-order valence-corrected chi connectivity index (χ2v) is 11.8. The van der Waals surface area contributed by atoms with Crippen LogP contribution < -0.4 is 23.8 Å². The maximum absolute atomic E-state index is 13.8. The van der Waals surface area contributed by atoms with E-state index in [-0.39, 0.29) is 27.8 Å². The number of hydrogen-bond acceptors (Lipinski definition) is 11. The minimum Gasteiger partial charge on any atom is -0.507 e. The van der Waals surface area contributed by atoms with Crippen LogP contribution in [-0.4, -0.2) is 60.8 Å². The molecular formula is C33H36N2O9S. The van der Waals surface area contributed by atoms with Gasteiger partial charge in [-0.15, -0.1) is 0 Å². The number of aryl methyl sites for hydroxylation is 1. The molecular weight excluding hydrogens is 600 g/mol. The summed E-state index contributed by atoms with van der Waals surface area (Å²) in [5, 5.41) is 11.8. The van der Waals surface area contributed by atoms with Crippen molar-refractivity contribution in [3.05, 3.63) is 63.7 Å². The predicted molar refractivity (Wildman–Crippen MR) is 168 cm³/mol. The maximum Gasteiger partial charge on any atom is 0.350 e. The van der Waals surface area contributed by atoms with Crippen LogP contribution in [0.5, 0.6) is 23.0 Å². The van der Waals surface area contributed by atoms with Crippen LogP contribution in [0.3, 0.4) is 0 Å². The summed E-state index contributed by atoms with van der Waals surface area (Å²) in [7, 11) is 0. The normalized spacial score (nSPS) is 17.1. The van der Waals surface area contributed by atoms with Gasteiger partial charge in [0, 0.05) is 5.56 Å². The Labute approximate surface area is 265 Å². The zero-order chi connectivity index (χ0) is 32.2. The zero-order valence-electron chi connectivity index (χ0n) is 25.9. The number of amides is 1. The third-order valence-corrected chi connectivity index (χ3v) is 8.39. The van der Waals surface area contributed by atoms with Gasteiger partial charge in [-0.1, -0.05) is 31.3 Å². The molecule has 1 aromatic heterocycles. The number of thiazole rings is 1. The molecule has 2 aliphatic heterocycles. The second kappa shape index (κ2) is 13.6. The number of nitrogens with zero attached hydrogens (tertiary/aromatic N) is 2. The number of aliphatic hydroxyl groups excluding tert-OH is 1. The van der Waals surface area contributed by atoms with Gasteiger partial charge in [0.05, 0.1) is 37.1 Å². The van der Waals surface area contributed by atoms with Crippen LogP contribution in [-0.2, 0) is 14.3 Å². The summed E-state index contributed by atoms with van der Waals surface area (Å²) in [4.78, 5) is 46.0. The van der Waals surface area contributed by atoms with Crippen molar-refractivity contribution in [1.29, 1.82) is 0 Å². The molecule has 0 aliphatic carbocycles. The third-order valence-electron chi connectivity index (χ3n) is 7.25. The number of benzene rings is 2. The highest BCUT2D eigenvalue weighted by molar-refractivity contribution is 7.17. The van der Waals surface area contributed by atoms with Crippen LogP contribution in [0, 0.1) is 12.8 Å². The van der Waals surface area contributed by atoms with E-state index in [2.05, 4.69) is 18.8 Å². The lowest BCUT2D eigenvalue weighted by atomic mass is 9.95. The Hall–Kier alpha value is -4.58. The zero-order valence-corrected chi connectivity index (χ0v) is 26.7. The number of aliphatic hydroxyl groups is 1. The average Bonchev–Trinajstić information content (AvgIpc) is 3.53. The summed E-state index contributed by atoms with van der Waals surface area (Å²) in [5.74, 6) is -0.489. The molecule has 1 saturated heterocycles. The maximum atomic E-state index is 13.8. The molecule has 0 spiro atoms. The minimum absolute atomic E-state index is 0.110. The molecule has 3 heterocycles. The van der Waals surface area contributed by atoms with Crippen molar-refractivity contribution >= 4 is 39.9 Å². The van der Waals surface area contributed by atoms with Crippen molar-refractivity contribution in [1.82, 2.24) is 4.98 Å². The molecule has 0 unspecified atom stereocenters. The average molecular weight is 637 g/mol. The van der Waals surface area contributed by atoms with E-state index in [1.165, 1.54) is 4.90 Å². The quantitative estimate of drug-likeness (QED) is 0.118. The number of rotatable bonds is 11. The number of aromatic nitrogens is 1. The van der Waals surface area contributed by atoms with E-state index in [1.807, 2.05) is 6.92 Å². The predicted octanol–water partition coefficient (Wildman–Crippen LogP) is 5.85. The summed E-state index contributed by atoms with van der Waals surface area (Å²) in [6.45, 7) is 11.1. The van der Waals surface area contributed by atoms with Gasteiger partial charge < -0.3 is 28.8 Å². The first-order valence-corrected chi connectivity index (χ1v) is 15.7. The lowest BCUT2D eigenvalue weighted by molar-refractivity contribution is -0.132. The lowest BCUT2D eigenvalue weighted by Gasteiger charge is -2.24. The fourth-order valence-corrected chi connectivity index (χ4v) is 6.04. The van der Waals surface area contributed by atoms with E-state index in [9.17, 15) is 19.5 Å². The molecule has 1 fully saturated rings. The first-order chi connectivity index (χ1) is 21.6. The molecule has 2 aliphatic rings. The monoisotopic (exact) mass is 636 g/mol. The number of ether oxygens (including phenoxy) is 5. The van der Waals surface area contributed by atoms with Gasteiger partial charge in [-0.05, 0) is 69.0 Å². The molecule has 1 atom stereocenters. The largest absolute Gasteiger partial charge is 0.507 e. The van der Waals surface area contributed by atoms with Gasteiger partial charge in [0.1, 0.15) is 23.9 Å². The molecule has 0 bridgehead atoms. The Morgan fingerprint density at radius 2 is 1.80 bits per heavy atom. The van der Waals surface area contributed by atoms with E-state index in [1.54, 1.807) is 50.2 Å². The van der Waals surface area contributed by atoms with E-state index in [0.29, 0.717) is 66.6 Å². The first-order valence-electron chi connectivity index (χ1n) is 14.9. The molecule has 1 amide bonds. The number of fused-ring (bicyclic) bond motifs is 1. The molecule has 5 rings (SSSR count). The second-order valence-electron chi connectivity index (χ2n) is 10.8. The molecule has 11 nitrogen and oxygen atoms in total. The van der Waals surface area contributed by atoms with E-state index >= 15 is 0 Å². The topological polar surface area (TPSA) is 134 Å². The summed E-state index contributed by atoms with van der Waals surface area (Å²) in [6.07, 6.45) is 0.842. The molecule has 45 heavy (non-hydrogen) atoms. The van der Waals surface area contributed by atoms with Crippen LogP contribution in [0.15, 0.2) is 42.0 Å². The molecule has 238 valence electrons. The van der Waals surface area contributed by atoms with Crippen molar-refractivity contribution < 1.29 is 43.2 Å². The van der Waals surface area contributed by atoms with E-state index in [4.69, 9.17) is 23.7 Å². The smallest absolute Gasteiger partial charge is 0.350 e. The summed E-state index contributed by atoms with van der Waals surface area (Å²) in [6, 6.07) is 8.84. The number of anilines is 1.